The number of rotatable bonds is 5. The first-order chi connectivity index (χ1) is 9.13. The molecule has 2 rings (SSSR count). The van der Waals surface area contributed by atoms with Crippen LogP contribution < -0.4 is 11.1 Å². The number of aromatic nitrogens is 2. The predicted molar refractivity (Wildman–Crippen MR) is 74.2 cm³/mol. The molecule has 0 saturated heterocycles. The number of nitrogens with one attached hydrogen (secondary N) is 1. The first-order valence-electron chi connectivity index (χ1n) is 6.22. The van der Waals surface area contributed by atoms with Crippen molar-refractivity contribution >= 4 is 11.6 Å². The maximum Gasteiger partial charge on any atom is 0.220 e. The lowest BCUT2D eigenvalue weighted by atomic mass is 10.1. The van der Waals surface area contributed by atoms with E-state index in [0.717, 1.165) is 23.2 Å². The van der Waals surface area contributed by atoms with Crippen molar-refractivity contribution in [3.8, 4) is 0 Å². The van der Waals surface area contributed by atoms with Gasteiger partial charge in [0.25, 0.3) is 0 Å². The average Bonchev–Trinajstić information content (AvgIpc) is 2.81. The number of hydrogen-bond acceptors (Lipinski definition) is 3. The molecule has 19 heavy (non-hydrogen) atoms. The van der Waals surface area contributed by atoms with Crippen LogP contribution in [-0.2, 0) is 24.8 Å². The third-order valence-electron chi connectivity index (χ3n) is 2.87. The first-order valence-corrected chi connectivity index (χ1v) is 6.22. The summed E-state index contributed by atoms with van der Waals surface area (Å²) < 4.78 is 1.72. The molecule has 0 aliphatic carbocycles. The summed E-state index contributed by atoms with van der Waals surface area (Å²) in [6, 6.07) is 7.60. The van der Waals surface area contributed by atoms with Crippen LogP contribution in [0.3, 0.4) is 0 Å². The fraction of sp³-hybridized carbons (Fsp3) is 0.286. The number of nitrogens with two attached hydrogens (primary N) is 1. The van der Waals surface area contributed by atoms with Gasteiger partial charge in [0.1, 0.15) is 0 Å². The molecule has 0 bridgehead atoms. The van der Waals surface area contributed by atoms with Crippen molar-refractivity contribution in [3.05, 3.63) is 47.8 Å². The molecule has 0 radical (unpaired) electrons. The predicted octanol–water partition coefficient (Wildman–Crippen LogP) is 1.25. The van der Waals surface area contributed by atoms with Gasteiger partial charge in [0.2, 0.25) is 5.91 Å². The van der Waals surface area contributed by atoms with Crippen molar-refractivity contribution in [3.63, 3.8) is 0 Å². The van der Waals surface area contributed by atoms with Gasteiger partial charge < -0.3 is 11.1 Å². The fourth-order valence-electron chi connectivity index (χ4n) is 1.79. The lowest BCUT2D eigenvalue weighted by Crippen LogP contribution is -2.22. The van der Waals surface area contributed by atoms with Crippen molar-refractivity contribution in [2.24, 2.45) is 7.05 Å². The van der Waals surface area contributed by atoms with E-state index in [9.17, 15) is 4.79 Å². The van der Waals surface area contributed by atoms with Crippen LogP contribution in [0.25, 0.3) is 0 Å². The molecule has 3 N–H and O–H groups in total. The van der Waals surface area contributed by atoms with Crippen molar-refractivity contribution in [1.29, 1.82) is 0 Å². The van der Waals surface area contributed by atoms with Gasteiger partial charge in [-0.25, -0.2) is 0 Å². The summed E-state index contributed by atoms with van der Waals surface area (Å²) in [6.07, 6.45) is 4.84. The van der Waals surface area contributed by atoms with E-state index >= 15 is 0 Å². The number of carbonyl (C=O) groups excluding carboxylic acids is 1. The zero-order valence-electron chi connectivity index (χ0n) is 11.0. The number of benzene rings is 1. The first kappa shape index (κ1) is 13.1. The summed E-state index contributed by atoms with van der Waals surface area (Å²) in [7, 11) is 1.85. The summed E-state index contributed by atoms with van der Waals surface area (Å²) in [5, 5.41) is 6.93. The summed E-state index contributed by atoms with van der Waals surface area (Å²) in [4.78, 5) is 11.7. The van der Waals surface area contributed by atoms with Crippen molar-refractivity contribution < 1.29 is 4.79 Å². The van der Waals surface area contributed by atoms with Gasteiger partial charge in [-0.1, -0.05) is 12.1 Å². The molecule has 0 fully saturated rings. The molecule has 0 aliphatic heterocycles. The molecule has 5 nitrogen and oxygen atoms in total. The zero-order valence-corrected chi connectivity index (χ0v) is 11.0. The third kappa shape index (κ3) is 4.13. The molecular formula is C14H18N4O. The normalized spacial score (nSPS) is 10.4. The number of anilines is 1. The maximum atomic E-state index is 11.7. The van der Waals surface area contributed by atoms with E-state index in [2.05, 4.69) is 10.4 Å². The minimum atomic E-state index is 0.0423. The SMILES string of the molecule is Cn1cc(CNC(=O)CCc2ccc(N)cc2)cn1. The molecular weight excluding hydrogens is 240 g/mol. The Hall–Kier alpha value is -2.30. The van der Waals surface area contributed by atoms with Crippen LogP contribution in [0.5, 0.6) is 0 Å². The molecule has 2 aromatic rings. The van der Waals surface area contributed by atoms with E-state index in [-0.39, 0.29) is 5.91 Å². The van der Waals surface area contributed by atoms with E-state index < -0.39 is 0 Å². The van der Waals surface area contributed by atoms with Gasteiger partial charge in [-0.2, -0.15) is 5.10 Å². The maximum absolute atomic E-state index is 11.7. The molecule has 100 valence electrons. The van der Waals surface area contributed by atoms with Crippen molar-refractivity contribution in [1.82, 2.24) is 15.1 Å². The number of hydrogen-bond donors (Lipinski definition) is 2. The number of nitrogen functional groups attached to an aromatic ring is 1. The third-order valence-corrected chi connectivity index (χ3v) is 2.87. The molecule has 1 aromatic heterocycles. The molecule has 1 aromatic carbocycles. The lowest BCUT2D eigenvalue weighted by Gasteiger charge is -2.04. The molecule has 0 spiro atoms. The fourth-order valence-corrected chi connectivity index (χ4v) is 1.79. The largest absolute Gasteiger partial charge is 0.399 e. The highest BCUT2D eigenvalue weighted by Crippen LogP contribution is 2.07. The Kier molecular flexibility index (Phi) is 4.18. The molecule has 1 amide bonds. The number of aryl methyl sites for hydroxylation is 2. The quantitative estimate of drug-likeness (QED) is 0.793. The van der Waals surface area contributed by atoms with Crippen molar-refractivity contribution in [2.45, 2.75) is 19.4 Å². The van der Waals surface area contributed by atoms with Crippen LogP contribution in [0.15, 0.2) is 36.7 Å². The highest BCUT2D eigenvalue weighted by molar-refractivity contribution is 5.76. The standard InChI is InChI=1S/C14H18N4O/c1-18-10-12(9-17-18)8-16-14(19)7-4-11-2-5-13(15)6-3-11/h2-3,5-6,9-10H,4,7-8,15H2,1H3,(H,16,19). The Labute approximate surface area is 112 Å². The monoisotopic (exact) mass is 258 g/mol. The second kappa shape index (κ2) is 6.04. The molecule has 0 saturated carbocycles. The number of carbonyl (C=O) groups is 1. The van der Waals surface area contributed by atoms with Gasteiger partial charge in [-0.05, 0) is 24.1 Å². The summed E-state index contributed by atoms with van der Waals surface area (Å²) in [5.74, 6) is 0.0423. The van der Waals surface area contributed by atoms with E-state index in [1.54, 1.807) is 10.9 Å². The van der Waals surface area contributed by atoms with Gasteiger partial charge in [0.15, 0.2) is 0 Å². The Morgan fingerprint density at radius 3 is 2.68 bits per heavy atom. The van der Waals surface area contributed by atoms with Crippen LogP contribution in [0, 0.1) is 0 Å². The minimum absolute atomic E-state index is 0.0423. The minimum Gasteiger partial charge on any atom is -0.399 e. The Bertz CT molecular complexity index is 545. The lowest BCUT2D eigenvalue weighted by molar-refractivity contribution is -0.121. The van der Waals surface area contributed by atoms with Crippen LogP contribution in [-0.4, -0.2) is 15.7 Å². The summed E-state index contributed by atoms with van der Waals surface area (Å²) in [6.45, 7) is 0.522. The second-order valence-corrected chi connectivity index (χ2v) is 4.54. The number of amides is 1. The van der Waals surface area contributed by atoms with E-state index in [0.29, 0.717) is 13.0 Å². The topological polar surface area (TPSA) is 72.9 Å². The number of nitrogens with zero attached hydrogens (tertiary/aromatic N) is 2. The highest BCUT2D eigenvalue weighted by atomic mass is 16.1. The average molecular weight is 258 g/mol. The van der Waals surface area contributed by atoms with Crippen LogP contribution in [0.4, 0.5) is 5.69 Å². The van der Waals surface area contributed by atoms with Crippen LogP contribution >= 0.6 is 0 Å². The van der Waals surface area contributed by atoms with Crippen LogP contribution in [0.2, 0.25) is 0 Å². The zero-order chi connectivity index (χ0) is 13.7. The summed E-state index contributed by atoms with van der Waals surface area (Å²) in [5.41, 5.74) is 8.47. The van der Waals surface area contributed by atoms with E-state index in [4.69, 9.17) is 5.73 Å². The van der Waals surface area contributed by atoms with Crippen LogP contribution in [0.1, 0.15) is 17.5 Å². The Morgan fingerprint density at radius 2 is 2.05 bits per heavy atom. The van der Waals surface area contributed by atoms with E-state index in [1.807, 2.05) is 37.5 Å². The van der Waals surface area contributed by atoms with Gasteiger partial charge in [0, 0.05) is 37.5 Å². The smallest absolute Gasteiger partial charge is 0.220 e. The molecule has 0 atom stereocenters. The van der Waals surface area contributed by atoms with Gasteiger partial charge in [0.05, 0.1) is 6.20 Å². The Balaban J connectivity index is 1.74. The highest BCUT2D eigenvalue weighted by Gasteiger charge is 2.03. The molecule has 5 heteroatoms. The van der Waals surface area contributed by atoms with Gasteiger partial charge in [-0.15, -0.1) is 0 Å². The van der Waals surface area contributed by atoms with Gasteiger partial charge in [-0.3, -0.25) is 9.48 Å². The molecule has 0 unspecified atom stereocenters. The van der Waals surface area contributed by atoms with E-state index in [1.165, 1.54) is 0 Å². The van der Waals surface area contributed by atoms with Crippen molar-refractivity contribution in [2.75, 3.05) is 5.73 Å². The molecule has 1 heterocycles. The molecule has 0 aliphatic rings. The van der Waals surface area contributed by atoms with Gasteiger partial charge >= 0.3 is 0 Å². The summed E-state index contributed by atoms with van der Waals surface area (Å²) >= 11 is 0. The Morgan fingerprint density at radius 1 is 1.32 bits per heavy atom. The second-order valence-electron chi connectivity index (χ2n) is 4.54.